The standard InChI is InChI=1S/C18H21N5O3S/c1-3-22(4-2)27(25,26)15-9-7-8-14(12-15)19-18(24)13-23-17-11-6-5-10-16(17)20-21-23/h5-12H,3-4,13H2,1-2H3,(H,19,24). The van der Waals surface area contributed by atoms with Gasteiger partial charge < -0.3 is 5.32 Å². The van der Waals surface area contributed by atoms with Crippen LogP contribution in [-0.4, -0.2) is 46.7 Å². The van der Waals surface area contributed by atoms with E-state index in [9.17, 15) is 13.2 Å². The van der Waals surface area contributed by atoms with Crippen molar-refractivity contribution in [2.75, 3.05) is 18.4 Å². The first kappa shape index (κ1) is 19.0. The first-order chi connectivity index (χ1) is 13.0. The minimum atomic E-state index is -3.58. The fourth-order valence-corrected chi connectivity index (χ4v) is 4.32. The lowest BCUT2D eigenvalue weighted by Crippen LogP contribution is -2.30. The number of hydrogen-bond donors (Lipinski definition) is 1. The Morgan fingerprint density at radius 1 is 1.11 bits per heavy atom. The van der Waals surface area contributed by atoms with Crippen LogP contribution in [0.3, 0.4) is 0 Å². The molecule has 1 heterocycles. The van der Waals surface area contributed by atoms with Gasteiger partial charge in [-0.05, 0) is 30.3 Å². The normalized spacial score (nSPS) is 11.8. The average molecular weight is 387 g/mol. The second kappa shape index (κ2) is 7.85. The summed E-state index contributed by atoms with van der Waals surface area (Å²) in [5.74, 6) is -0.317. The number of sulfonamides is 1. The van der Waals surface area contributed by atoms with Crippen LogP contribution in [0.1, 0.15) is 13.8 Å². The molecule has 0 spiro atoms. The smallest absolute Gasteiger partial charge is 0.246 e. The lowest BCUT2D eigenvalue weighted by molar-refractivity contribution is -0.116. The van der Waals surface area contributed by atoms with Gasteiger partial charge in [0.05, 0.1) is 10.4 Å². The van der Waals surface area contributed by atoms with Gasteiger partial charge in [-0.3, -0.25) is 4.79 Å². The number of nitrogens with one attached hydrogen (secondary N) is 1. The largest absolute Gasteiger partial charge is 0.324 e. The fourth-order valence-electron chi connectivity index (χ4n) is 2.82. The summed E-state index contributed by atoms with van der Waals surface area (Å²) in [6.45, 7) is 4.32. The number of carbonyl (C=O) groups is 1. The molecule has 0 aliphatic carbocycles. The summed E-state index contributed by atoms with van der Waals surface area (Å²) in [5.41, 5.74) is 1.88. The Balaban J connectivity index is 1.77. The second-order valence-electron chi connectivity index (χ2n) is 5.90. The molecule has 0 aliphatic rings. The number of benzene rings is 2. The molecule has 0 fully saturated rings. The van der Waals surface area contributed by atoms with Gasteiger partial charge in [-0.2, -0.15) is 4.31 Å². The molecule has 0 saturated carbocycles. The molecule has 142 valence electrons. The highest BCUT2D eigenvalue weighted by molar-refractivity contribution is 7.89. The number of fused-ring (bicyclic) bond motifs is 1. The van der Waals surface area contributed by atoms with E-state index in [-0.39, 0.29) is 17.3 Å². The van der Waals surface area contributed by atoms with E-state index in [1.165, 1.54) is 21.1 Å². The summed E-state index contributed by atoms with van der Waals surface area (Å²) in [4.78, 5) is 12.5. The van der Waals surface area contributed by atoms with E-state index in [2.05, 4.69) is 15.6 Å². The predicted molar refractivity (Wildman–Crippen MR) is 103 cm³/mol. The van der Waals surface area contributed by atoms with Crippen LogP contribution in [0.2, 0.25) is 0 Å². The summed E-state index contributed by atoms with van der Waals surface area (Å²) in [7, 11) is -3.58. The van der Waals surface area contributed by atoms with Crippen molar-refractivity contribution in [3.05, 3.63) is 48.5 Å². The molecule has 0 radical (unpaired) electrons. The lowest BCUT2D eigenvalue weighted by Gasteiger charge is -2.18. The zero-order chi connectivity index (χ0) is 19.4. The molecule has 9 heteroatoms. The molecule has 27 heavy (non-hydrogen) atoms. The van der Waals surface area contributed by atoms with Crippen molar-refractivity contribution in [2.45, 2.75) is 25.3 Å². The zero-order valence-corrected chi connectivity index (χ0v) is 16.0. The van der Waals surface area contributed by atoms with Gasteiger partial charge >= 0.3 is 0 Å². The number of amides is 1. The van der Waals surface area contributed by atoms with Crippen LogP contribution >= 0.6 is 0 Å². The van der Waals surface area contributed by atoms with E-state index in [4.69, 9.17) is 0 Å². The van der Waals surface area contributed by atoms with E-state index in [0.29, 0.717) is 24.3 Å². The number of aromatic nitrogens is 3. The minimum absolute atomic E-state index is 0.0203. The van der Waals surface area contributed by atoms with E-state index >= 15 is 0 Å². The quantitative estimate of drug-likeness (QED) is 0.670. The molecular weight excluding hydrogens is 366 g/mol. The topological polar surface area (TPSA) is 97.2 Å². The van der Waals surface area contributed by atoms with Crippen molar-refractivity contribution in [1.82, 2.24) is 19.3 Å². The summed E-state index contributed by atoms with van der Waals surface area (Å²) in [5, 5.41) is 10.7. The number of para-hydroxylation sites is 1. The Kier molecular flexibility index (Phi) is 5.52. The molecule has 8 nitrogen and oxygen atoms in total. The highest BCUT2D eigenvalue weighted by Gasteiger charge is 2.22. The fraction of sp³-hybridized carbons (Fsp3) is 0.278. The number of hydrogen-bond acceptors (Lipinski definition) is 5. The van der Waals surface area contributed by atoms with Crippen molar-refractivity contribution < 1.29 is 13.2 Å². The number of anilines is 1. The van der Waals surface area contributed by atoms with E-state index in [1.807, 2.05) is 24.3 Å². The molecule has 1 N–H and O–H groups in total. The monoisotopic (exact) mass is 387 g/mol. The van der Waals surface area contributed by atoms with Crippen molar-refractivity contribution in [1.29, 1.82) is 0 Å². The van der Waals surface area contributed by atoms with Gasteiger partial charge in [0, 0.05) is 18.8 Å². The van der Waals surface area contributed by atoms with Crippen LogP contribution in [0.4, 0.5) is 5.69 Å². The first-order valence-corrected chi connectivity index (χ1v) is 10.1. The average Bonchev–Trinajstić information content (AvgIpc) is 3.05. The van der Waals surface area contributed by atoms with Crippen LogP contribution < -0.4 is 5.32 Å². The molecule has 1 aromatic heterocycles. The van der Waals surface area contributed by atoms with Crippen molar-refractivity contribution in [3.8, 4) is 0 Å². The molecular formula is C18H21N5O3S. The van der Waals surface area contributed by atoms with Crippen molar-refractivity contribution in [3.63, 3.8) is 0 Å². The molecule has 1 amide bonds. The van der Waals surface area contributed by atoms with Crippen LogP contribution in [-0.2, 0) is 21.4 Å². The molecule has 3 aromatic rings. The van der Waals surface area contributed by atoms with E-state index in [0.717, 1.165) is 5.52 Å². The maximum Gasteiger partial charge on any atom is 0.246 e. The number of rotatable bonds is 7. The lowest BCUT2D eigenvalue weighted by atomic mass is 10.3. The third kappa shape index (κ3) is 3.99. The van der Waals surface area contributed by atoms with Gasteiger partial charge in [0.15, 0.2) is 0 Å². The van der Waals surface area contributed by atoms with Gasteiger partial charge in [-0.25, -0.2) is 13.1 Å². The minimum Gasteiger partial charge on any atom is -0.324 e. The predicted octanol–water partition coefficient (Wildman–Crippen LogP) is 2.10. The van der Waals surface area contributed by atoms with Gasteiger partial charge in [0.25, 0.3) is 0 Å². The van der Waals surface area contributed by atoms with Crippen molar-refractivity contribution >= 4 is 32.7 Å². The molecule has 0 unspecified atom stereocenters. The van der Waals surface area contributed by atoms with Gasteiger partial charge in [-0.1, -0.05) is 37.3 Å². The Bertz CT molecular complexity index is 1060. The SMILES string of the molecule is CCN(CC)S(=O)(=O)c1cccc(NC(=O)Cn2nnc3ccccc32)c1. The molecule has 3 rings (SSSR count). The van der Waals surface area contributed by atoms with Crippen molar-refractivity contribution in [2.24, 2.45) is 0 Å². The van der Waals surface area contributed by atoms with E-state index < -0.39 is 10.0 Å². The number of nitrogens with zero attached hydrogens (tertiary/aromatic N) is 4. The molecule has 2 aromatic carbocycles. The Morgan fingerprint density at radius 2 is 1.85 bits per heavy atom. The second-order valence-corrected chi connectivity index (χ2v) is 7.84. The van der Waals surface area contributed by atoms with Crippen LogP contribution in [0.5, 0.6) is 0 Å². The summed E-state index contributed by atoms with van der Waals surface area (Å²) >= 11 is 0. The van der Waals surface area contributed by atoms with Gasteiger partial charge in [0.2, 0.25) is 15.9 Å². The third-order valence-electron chi connectivity index (χ3n) is 4.17. The zero-order valence-electron chi connectivity index (χ0n) is 15.2. The highest BCUT2D eigenvalue weighted by atomic mass is 32.2. The maximum absolute atomic E-state index is 12.6. The number of carbonyl (C=O) groups excluding carboxylic acids is 1. The summed E-state index contributed by atoms with van der Waals surface area (Å²) in [6.07, 6.45) is 0. The Labute approximate surface area is 157 Å². The third-order valence-corrected chi connectivity index (χ3v) is 6.22. The Morgan fingerprint density at radius 3 is 2.59 bits per heavy atom. The van der Waals surface area contributed by atoms with Crippen LogP contribution in [0, 0.1) is 0 Å². The first-order valence-electron chi connectivity index (χ1n) is 8.64. The van der Waals surface area contributed by atoms with Gasteiger partial charge in [-0.15, -0.1) is 5.10 Å². The highest BCUT2D eigenvalue weighted by Crippen LogP contribution is 2.19. The van der Waals surface area contributed by atoms with Crippen LogP contribution in [0.15, 0.2) is 53.4 Å². The summed E-state index contributed by atoms with van der Waals surface area (Å²) < 4.78 is 28.1. The van der Waals surface area contributed by atoms with Gasteiger partial charge in [0.1, 0.15) is 12.1 Å². The van der Waals surface area contributed by atoms with E-state index in [1.54, 1.807) is 26.0 Å². The Hall–Kier alpha value is -2.78. The maximum atomic E-state index is 12.6. The summed E-state index contributed by atoms with van der Waals surface area (Å²) in [6, 6.07) is 13.6. The molecule has 0 bridgehead atoms. The molecule has 0 saturated heterocycles. The molecule has 0 atom stereocenters. The van der Waals surface area contributed by atoms with Crippen LogP contribution in [0.25, 0.3) is 11.0 Å². The molecule has 0 aliphatic heterocycles.